The van der Waals surface area contributed by atoms with Crippen LogP contribution in [0.4, 0.5) is 0 Å². The SMILES string of the molecule is COC(=O)[C@@H]1C2CCC(C[C@@H]1c1ccc(Cl)cc1)N2CC=CI. The molecule has 2 fully saturated rings. The fraction of sp³-hybridized carbons (Fsp3) is 0.500. The highest BCUT2D eigenvalue weighted by molar-refractivity contribution is 14.1. The minimum absolute atomic E-state index is 0.0845. The fourth-order valence-corrected chi connectivity index (χ4v) is 4.62. The van der Waals surface area contributed by atoms with E-state index in [2.05, 4.69) is 49.8 Å². The summed E-state index contributed by atoms with van der Waals surface area (Å²) < 4.78 is 7.21. The largest absolute Gasteiger partial charge is 0.469 e. The van der Waals surface area contributed by atoms with Crippen LogP contribution >= 0.6 is 34.2 Å². The summed E-state index contributed by atoms with van der Waals surface area (Å²) in [5.74, 6) is 0.0401. The molecule has 2 bridgehead atoms. The lowest BCUT2D eigenvalue weighted by Crippen LogP contribution is -2.50. The number of benzene rings is 1. The van der Waals surface area contributed by atoms with Gasteiger partial charge >= 0.3 is 5.97 Å². The number of piperidine rings is 1. The molecule has 23 heavy (non-hydrogen) atoms. The van der Waals surface area contributed by atoms with Gasteiger partial charge in [-0.15, -0.1) is 0 Å². The number of nitrogens with zero attached hydrogens (tertiary/aromatic N) is 1. The smallest absolute Gasteiger partial charge is 0.310 e. The van der Waals surface area contributed by atoms with E-state index in [9.17, 15) is 4.79 Å². The molecule has 0 radical (unpaired) electrons. The van der Waals surface area contributed by atoms with Crippen molar-refractivity contribution in [2.24, 2.45) is 5.92 Å². The minimum atomic E-state index is -0.0949. The number of esters is 1. The van der Waals surface area contributed by atoms with Gasteiger partial charge in [-0.25, -0.2) is 0 Å². The van der Waals surface area contributed by atoms with Crippen LogP contribution in [-0.4, -0.2) is 36.6 Å². The number of carbonyl (C=O) groups excluding carboxylic acids is 1. The summed E-state index contributed by atoms with van der Waals surface area (Å²) in [4.78, 5) is 15.0. The van der Waals surface area contributed by atoms with Crippen LogP contribution in [0.1, 0.15) is 30.7 Å². The van der Waals surface area contributed by atoms with Gasteiger partial charge in [-0.2, -0.15) is 0 Å². The molecule has 0 saturated carbocycles. The first-order valence-corrected chi connectivity index (χ1v) is 9.62. The predicted molar refractivity (Wildman–Crippen MR) is 101 cm³/mol. The van der Waals surface area contributed by atoms with E-state index in [4.69, 9.17) is 16.3 Å². The topological polar surface area (TPSA) is 29.5 Å². The maximum absolute atomic E-state index is 12.5. The molecule has 2 heterocycles. The Balaban J connectivity index is 1.91. The van der Waals surface area contributed by atoms with Crippen LogP contribution < -0.4 is 0 Å². The minimum Gasteiger partial charge on any atom is -0.469 e. The molecule has 0 aromatic heterocycles. The molecule has 0 spiro atoms. The summed E-state index contributed by atoms with van der Waals surface area (Å²) in [6, 6.07) is 8.77. The standard InChI is InChI=1S/C18H21ClINO2/c1-23-18(22)17-15(12-3-5-13(19)6-4-12)11-14-7-8-16(17)21(14)10-2-9-20/h2-6,9,14-17H,7-8,10-11H2,1H3/t14?,15-,16?,17+/m1/s1. The first kappa shape index (κ1) is 17.2. The van der Waals surface area contributed by atoms with E-state index >= 15 is 0 Å². The van der Waals surface area contributed by atoms with Crippen molar-refractivity contribution < 1.29 is 9.53 Å². The molecule has 0 amide bonds. The van der Waals surface area contributed by atoms with Gasteiger partial charge in [0.25, 0.3) is 0 Å². The summed E-state index contributed by atoms with van der Waals surface area (Å²) in [6.45, 7) is 0.916. The Hall–Kier alpha value is -0.590. The lowest BCUT2D eigenvalue weighted by Gasteiger charge is -2.43. The van der Waals surface area contributed by atoms with Crippen molar-refractivity contribution in [1.82, 2.24) is 4.90 Å². The normalized spacial score (nSPS) is 30.7. The third kappa shape index (κ3) is 3.44. The van der Waals surface area contributed by atoms with Crippen LogP contribution in [0.2, 0.25) is 5.02 Å². The molecule has 1 aromatic rings. The summed E-state index contributed by atoms with van der Waals surface area (Å²) >= 11 is 8.27. The van der Waals surface area contributed by atoms with E-state index in [0.717, 1.165) is 30.8 Å². The Morgan fingerprint density at radius 3 is 2.78 bits per heavy atom. The van der Waals surface area contributed by atoms with E-state index in [1.807, 2.05) is 12.1 Å². The first-order valence-electron chi connectivity index (χ1n) is 8.00. The lowest BCUT2D eigenvalue weighted by molar-refractivity contribution is -0.150. The van der Waals surface area contributed by atoms with Crippen molar-refractivity contribution in [2.75, 3.05) is 13.7 Å². The third-order valence-corrected chi connectivity index (χ3v) is 6.00. The van der Waals surface area contributed by atoms with Gasteiger partial charge in [-0.3, -0.25) is 9.69 Å². The van der Waals surface area contributed by atoms with Crippen LogP contribution in [0.3, 0.4) is 0 Å². The Kier molecular flexibility index (Phi) is 5.65. The summed E-state index contributed by atoms with van der Waals surface area (Å²) in [5, 5.41) is 0.732. The number of methoxy groups -OCH3 is 1. The van der Waals surface area contributed by atoms with E-state index in [1.165, 1.54) is 12.7 Å². The van der Waals surface area contributed by atoms with Crippen LogP contribution in [0, 0.1) is 5.92 Å². The van der Waals surface area contributed by atoms with Gasteiger partial charge < -0.3 is 4.74 Å². The van der Waals surface area contributed by atoms with Gasteiger partial charge in [0.15, 0.2) is 0 Å². The second-order valence-corrected chi connectivity index (χ2v) is 7.46. The highest BCUT2D eigenvalue weighted by atomic mass is 127. The highest BCUT2D eigenvalue weighted by Gasteiger charge is 2.50. The van der Waals surface area contributed by atoms with Crippen molar-refractivity contribution in [3.05, 3.63) is 45.0 Å². The molecule has 124 valence electrons. The number of fused-ring (bicyclic) bond motifs is 2. The molecule has 5 heteroatoms. The van der Waals surface area contributed by atoms with Crippen LogP contribution in [0.15, 0.2) is 34.4 Å². The molecular formula is C18H21ClINO2. The Bertz CT molecular complexity index is 589. The van der Waals surface area contributed by atoms with Crippen molar-refractivity contribution >= 4 is 40.2 Å². The van der Waals surface area contributed by atoms with Crippen molar-refractivity contribution in [2.45, 2.75) is 37.3 Å². The van der Waals surface area contributed by atoms with Crippen LogP contribution in [0.25, 0.3) is 0 Å². The molecule has 1 aromatic carbocycles. The second kappa shape index (κ2) is 7.53. The molecular weight excluding hydrogens is 425 g/mol. The quantitative estimate of drug-likeness (QED) is 0.508. The van der Waals surface area contributed by atoms with Gasteiger partial charge in [0, 0.05) is 29.6 Å². The Morgan fingerprint density at radius 2 is 2.13 bits per heavy atom. The van der Waals surface area contributed by atoms with E-state index in [0.29, 0.717) is 6.04 Å². The average molecular weight is 446 g/mol. The summed E-state index contributed by atoms with van der Waals surface area (Å²) in [6.07, 6.45) is 5.41. The maximum atomic E-state index is 12.5. The number of carbonyl (C=O) groups is 1. The number of hydrogen-bond acceptors (Lipinski definition) is 3. The zero-order valence-electron chi connectivity index (χ0n) is 13.1. The Morgan fingerprint density at radius 1 is 1.39 bits per heavy atom. The van der Waals surface area contributed by atoms with Gasteiger partial charge in [-0.1, -0.05) is 52.4 Å². The predicted octanol–water partition coefficient (Wildman–Crippen LogP) is 4.40. The van der Waals surface area contributed by atoms with E-state index in [1.54, 1.807) is 0 Å². The van der Waals surface area contributed by atoms with E-state index < -0.39 is 0 Å². The molecule has 0 aliphatic carbocycles. The molecule has 3 rings (SSSR count). The highest BCUT2D eigenvalue weighted by Crippen LogP contribution is 2.47. The molecule has 2 saturated heterocycles. The average Bonchev–Trinajstić information content (AvgIpc) is 2.84. The number of rotatable bonds is 4. The summed E-state index contributed by atoms with van der Waals surface area (Å²) in [5.41, 5.74) is 1.20. The van der Waals surface area contributed by atoms with E-state index in [-0.39, 0.29) is 23.8 Å². The molecule has 2 aliphatic rings. The Labute approximate surface area is 156 Å². The van der Waals surface area contributed by atoms with Gasteiger partial charge in [-0.05, 0) is 41.0 Å². The van der Waals surface area contributed by atoms with Crippen molar-refractivity contribution in [3.63, 3.8) is 0 Å². The molecule has 2 aliphatic heterocycles. The zero-order valence-corrected chi connectivity index (χ0v) is 16.0. The van der Waals surface area contributed by atoms with Gasteiger partial charge in [0.2, 0.25) is 0 Å². The molecule has 0 N–H and O–H groups in total. The third-order valence-electron chi connectivity index (χ3n) is 5.24. The van der Waals surface area contributed by atoms with Gasteiger partial charge in [0.1, 0.15) is 0 Å². The maximum Gasteiger partial charge on any atom is 0.310 e. The number of ether oxygens (including phenoxy) is 1. The fourth-order valence-electron chi connectivity index (χ4n) is 4.27. The number of halogens is 2. The van der Waals surface area contributed by atoms with Crippen LogP contribution in [0.5, 0.6) is 0 Å². The van der Waals surface area contributed by atoms with Gasteiger partial charge in [0.05, 0.1) is 13.0 Å². The summed E-state index contributed by atoms with van der Waals surface area (Å²) in [7, 11) is 1.50. The molecule has 3 nitrogen and oxygen atoms in total. The molecule has 2 unspecified atom stereocenters. The van der Waals surface area contributed by atoms with Crippen molar-refractivity contribution in [3.8, 4) is 0 Å². The zero-order chi connectivity index (χ0) is 16.4. The van der Waals surface area contributed by atoms with Crippen LogP contribution in [-0.2, 0) is 9.53 Å². The first-order chi connectivity index (χ1) is 11.2. The number of hydrogen-bond donors (Lipinski definition) is 0. The monoisotopic (exact) mass is 445 g/mol. The lowest BCUT2D eigenvalue weighted by atomic mass is 9.76. The van der Waals surface area contributed by atoms with Crippen molar-refractivity contribution in [1.29, 1.82) is 0 Å². The second-order valence-electron chi connectivity index (χ2n) is 6.30. The molecule has 4 atom stereocenters.